The van der Waals surface area contributed by atoms with E-state index in [0.717, 1.165) is 23.3 Å². The molecule has 2 atom stereocenters. The number of carbonyl (C=O) groups excluding carboxylic acids is 1. The topological polar surface area (TPSA) is 86.5 Å². The Morgan fingerprint density at radius 2 is 2.38 bits per heavy atom. The van der Waals surface area contributed by atoms with Gasteiger partial charge in [0.1, 0.15) is 11.9 Å². The monoisotopic (exact) mass is 327 g/mol. The predicted molar refractivity (Wildman–Crippen MR) is 91.2 cm³/mol. The second-order valence-corrected chi connectivity index (χ2v) is 5.80. The fourth-order valence-corrected chi connectivity index (χ4v) is 2.61. The Bertz CT molecular complexity index is 720. The number of nitrogens with zero attached hydrogens (tertiary/aromatic N) is 1. The minimum atomic E-state index is -0.519. The number of rotatable bonds is 5. The van der Waals surface area contributed by atoms with Gasteiger partial charge in [0.05, 0.1) is 24.2 Å². The van der Waals surface area contributed by atoms with E-state index in [9.17, 15) is 4.79 Å². The fourth-order valence-electron chi connectivity index (χ4n) is 2.61. The third-order valence-electron chi connectivity index (χ3n) is 4.03. The maximum absolute atomic E-state index is 11.8. The molecule has 0 radical (unpaired) electrons. The van der Waals surface area contributed by atoms with Crippen molar-refractivity contribution in [1.82, 2.24) is 4.98 Å². The van der Waals surface area contributed by atoms with Crippen molar-refractivity contribution in [3.05, 3.63) is 53.6 Å². The van der Waals surface area contributed by atoms with Gasteiger partial charge in [0.2, 0.25) is 11.8 Å². The van der Waals surface area contributed by atoms with Crippen molar-refractivity contribution in [2.24, 2.45) is 5.73 Å². The van der Waals surface area contributed by atoms with E-state index in [4.69, 9.17) is 15.2 Å². The number of hydrogen-bond acceptors (Lipinski definition) is 5. The van der Waals surface area contributed by atoms with Crippen LogP contribution in [0.1, 0.15) is 26.7 Å². The average molecular weight is 327 g/mol. The van der Waals surface area contributed by atoms with Crippen LogP contribution in [0.4, 0.5) is 5.69 Å². The molecule has 24 heavy (non-hydrogen) atoms. The fraction of sp³-hybridized carbons (Fsp3) is 0.333. The summed E-state index contributed by atoms with van der Waals surface area (Å²) < 4.78 is 11.4. The first-order valence-corrected chi connectivity index (χ1v) is 8.04. The van der Waals surface area contributed by atoms with Crippen LogP contribution in [0.3, 0.4) is 0 Å². The molecule has 1 unspecified atom stereocenters. The minimum Gasteiger partial charge on any atom is -0.493 e. The summed E-state index contributed by atoms with van der Waals surface area (Å²) >= 11 is 0. The third kappa shape index (κ3) is 3.33. The van der Waals surface area contributed by atoms with E-state index in [1.165, 1.54) is 0 Å². The SMILES string of the molecule is CC[C@@H](N)C(=O)Nc1ccc(OC2=C3C(=COC3C)CC=C2)nc1. The largest absolute Gasteiger partial charge is 0.493 e. The van der Waals surface area contributed by atoms with Crippen LogP contribution in [0.2, 0.25) is 0 Å². The Morgan fingerprint density at radius 1 is 1.54 bits per heavy atom. The Kier molecular flexibility index (Phi) is 4.66. The molecule has 2 aliphatic rings. The van der Waals surface area contributed by atoms with Gasteiger partial charge >= 0.3 is 0 Å². The molecule has 1 aromatic rings. The third-order valence-corrected chi connectivity index (χ3v) is 4.03. The van der Waals surface area contributed by atoms with Gasteiger partial charge in [0, 0.05) is 17.2 Å². The lowest BCUT2D eigenvalue weighted by Gasteiger charge is -2.17. The highest BCUT2D eigenvalue weighted by atomic mass is 16.5. The van der Waals surface area contributed by atoms with Gasteiger partial charge in [-0.1, -0.05) is 13.0 Å². The first kappa shape index (κ1) is 16.3. The van der Waals surface area contributed by atoms with Gasteiger partial charge < -0.3 is 20.5 Å². The van der Waals surface area contributed by atoms with Crippen LogP contribution >= 0.6 is 0 Å². The molecule has 0 aromatic carbocycles. The van der Waals surface area contributed by atoms with Crippen molar-refractivity contribution in [1.29, 1.82) is 0 Å². The zero-order valence-electron chi connectivity index (χ0n) is 13.8. The molecule has 3 N–H and O–H groups in total. The molecule has 6 nitrogen and oxygen atoms in total. The Hall–Kier alpha value is -2.60. The van der Waals surface area contributed by atoms with Crippen LogP contribution in [-0.2, 0) is 9.53 Å². The first-order chi connectivity index (χ1) is 11.6. The summed E-state index contributed by atoms with van der Waals surface area (Å²) in [6.07, 6.45) is 8.73. The van der Waals surface area contributed by atoms with E-state index in [1.54, 1.807) is 24.6 Å². The molecule has 0 saturated heterocycles. The van der Waals surface area contributed by atoms with Crippen LogP contribution in [-0.4, -0.2) is 23.0 Å². The van der Waals surface area contributed by atoms with Gasteiger partial charge in [0.25, 0.3) is 0 Å². The molecule has 0 bridgehead atoms. The van der Waals surface area contributed by atoms with Gasteiger partial charge in [-0.05, 0) is 31.9 Å². The highest BCUT2D eigenvalue weighted by Gasteiger charge is 2.27. The normalized spacial score (nSPS) is 20.1. The van der Waals surface area contributed by atoms with Crippen molar-refractivity contribution in [3.8, 4) is 5.88 Å². The lowest BCUT2D eigenvalue weighted by molar-refractivity contribution is -0.117. The summed E-state index contributed by atoms with van der Waals surface area (Å²) in [6.45, 7) is 3.85. The van der Waals surface area contributed by atoms with Gasteiger partial charge in [-0.3, -0.25) is 4.79 Å². The number of anilines is 1. The number of carbonyl (C=O) groups is 1. The lowest BCUT2D eigenvalue weighted by Crippen LogP contribution is -2.34. The van der Waals surface area contributed by atoms with Crippen molar-refractivity contribution in [2.75, 3.05) is 5.32 Å². The number of pyridine rings is 1. The molecule has 1 aliphatic carbocycles. The van der Waals surface area contributed by atoms with E-state index in [1.807, 2.05) is 26.0 Å². The molecular formula is C18H21N3O3. The minimum absolute atomic E-state index is 0.0194. The molecule has 0 spiro atoms. The molecule has 1 aromatic heterocycles. The number of allylic oxidation sites excluding steroid dienone is 2. The van der Waals surface area contributed by atoms with Crippen LogP contribution in [0, 0.1) is 0 Å². The molecular weight excluding hydrogens is 306 g/mol. The summed E-state index contributed by atoms with van der Waals surface area (Å²) in [5.41, 5.74) is 8.48. The maximum atomic E-state index is 11.8. The standard InChI is InChI=1S/C18H21N3O3/c1-3-14(19)18(22)21-13-7-8-16(20-9-13)24-15-6-4-5-12-10-23-11(2)17(12)15/h4,6-11,14H,3,5,19H2,1-2H3,(H,21,22)/t11?,14-/m1/s1. The summed E-state index contributed by atoms with van der Waals surface area (Å²) in [5.74, 6) is 0.981. The number of ether oxygens (including phenoxy) is 2. The molecule has 126 valence electrons. The molecule has 2 heterocycles. The summed E-state index contributed by atoms with van der Waals surface area (Å²) in [7, 11) is 0. The summed E-state index contributed by atoms with van der Waals surface area (Å²) in [4.78, 5) is 16.0. The number of fused-ring (bicyclic) bond motifs is 1. The second kappa shape index (κ2) is 6.88. The number of amides is 1. The van der Waals surface area contributed by atoms with E-state index >= 15 is 0 Å². The van der Waals surface area contributed by atoms with E-state index in [0.29, 0.717) is 18.0 Å². The van der Waals surface area contributed by atoms with Gasteiger partial charge in [-0.15, -0.1) is 0 Å². The smallest absolute Gasteiger partial charge is 0.241 e. The molecule has 0 saturated carbocycles. The van der Waals surface area contributed by atoms with Crippen molar-refractivity contribution in [3.63, 3.8) is 0 Å². The number of nitrogens with two attached hydrogens (primary N) is 1. The lowest BCUT2D eigenvalue weighted by atomic mass is 9.96. The summed E-state index contributed by atoms with van der Waals surface area (Å²) in [6, 6.07) is 2.94. The van der Waals surface area contributed by atoms with E-state index in [-0.39, 0.29) is 12.0 Å². The average Bonchev–Trinajstić information content (AvgIpc) is 2.98. The van der Waals surface area contributed by atoms with Gasteiger partial charge in [-0.25, -0.2) is 4.98 Å². The van der Waals surface area contributed by atoms with Crippen LogP contribution in [0.25, 0.3) is 0 Å². The van der Waals surface area contributed by atoms with Crippen LogP contribution in [0.5, 0.6) is 5.88 Å². The maximum Gasteiger partial charge on any atom is 0.241 e. The second-order valence-electron chi connectivity index (χ2n) is 5.80. The molecule has 1 aliphatic heterocycles. The van der Waals surface area contributed by atoms with Crippen molar-refractivity contribution < 1.29 is 14.3 Å². The highest BCUT2D eigenvalue weighted by Crippen LogP contribution is 2.34. The zero-order chi connectivity index (χ0) is 17.1. The Balaban J connectivity index is 1.71. The van der Waals surface area contributed by atoms with Gasteiger partial charge in [0.15, 0.2) is 0 Å². The molecule has 1 amide bonds. The highest BCUT2D eigenvalue weighted by molar-refractivity contribution is 5.94. The molecule has 6 heteroatoms. The Labute approximate surface area is 141 Å². The number of aromatic nitrogens is 1. The predicted octanol–water partition coefficient (Wildman–Crippen LogP) is 2.65. The molecule has 3 rings (SSSR count). The first-order valence-electron chi connectivity index (χ1n) is 8.04. The van der Waals surface area contributed by atoms with Gasteiger partial charge in [-0.2, -0.15) is 0 Å². The quantitative estimate of drug-likeness (QED) is 0.868. The number of nitrogens with one attached hydrogen (secondary N) is 1. The van der Waals surface area contributed by atoms with Crippen LogP contribution in [0.15, 0.2) is 53.6 Å². The van der Waals surface area contributed by atoms with Crippen molar-refractivity contribution >= 4 is 11.6 Å². The molecule has 0 fully saturated rings. The zero-order valence-corrected chi connectivity index (χ0v) is 13.8. The number of hydrogen-bond donors (Lipinski definition) is 2. The van der Waals surface area contributed by atoms with E-state index in [2.05, 4.69) is 10.3 Å². The van der Waals surface area contributed by atoms with E-state index < -0.39 is 6.04 Å². The van der Waals surface area contributed by atoms with Crippen LogP contribution < -0.4 is 15.8 Å². The summed E-state index contributed by atoms with van der Waals surface area (Å²) in [5, 5.41) is 2.73. The Morgan fingerprint density at radius 3 is 3.08 bits per heavy atom. The van der Waals surface area contributed by atoms with Crippen molar-refractivity contribution in [2.45, 2.75) is 38.8 Å².